The number of hydrogen-bond acceptors (Lipinski definition) is 5. The Hall–Kier alpha value is -2.68. The van der Waals surface area contributed by atoms with E-state index in [1.165, 1.54) is 26.1 Å². The van der Waals surface area contributed by atoms with Gasteiger partial charge in [-0.2, -0.15) is 0 Å². The Kier molecular flexibility index (Phi) is 12.0. The van der Waals surface area contributed by atoms with E-state index in [1.807, 2.05) is 20.8 Å². The van der Waals surface area contributed by atoms with Gasteiger partial charge < -0.3 is 14.9 Å². The van der Waals surface area contributed by atoms with Crippen molar-refractivity contribution in [1.29, 1.82) is 0 Å². The highest BCUT2D eigenvalue weighted by Gasteiger charge is 2.31. The van der Waals surface area contributed by atoms with E-state index in [0.29, 0.717) is 45.7 Å². The summed E-state index contributed by atoms with van der Waals surface area (Å²) in [5, 5.41) is 20.7. The van der Waals surface area contributed by atoms with Crippen LogP contribution < -0.4 is 11.4 Å². The largest absolute Gasteiger partial charge is 0.493 e. The molecule has 1 unspecified atom stereocenters. The first-order chi connectivity index (χ1) is 18.2. The van der Waals surface area contributed by atoms with Crippen LogP contribution in [0.3, 0.4) is 0 Å². The van der Waals surface area contributed by atoms with Crippen molar-refractivity contribution in [2.75, 3.05) is 13.2 Å². The van der Waals surface area contributed by atoms with Crippen molar-refractivity contribution in [3.63, 3.8) is 0 Å². The molecule has 2 aromatic rings. The predicted molar refractivity (Wildman–Crippen MR) is 152 cm³/mol. The van der Waals surface area contributed by atoms with Gasteiger partial charge in [-0.05, 0) is 70.6 Å². The van der Waals surface area contributed by atoms with Crippen molar-refractivity contribution < 1.29 is 14.9 Å². The van der Waals surface area contributed by atoms with Gasteiger partial charge in [-0.25, -0.2) is 9.59 Å². The van der Waals surface area contributed by atoms with Crippen LogP contribution in [0.25, 0.3) is 0 Å². The minimum Gasteiger partial charge on any atom is -0.493 e. The fraction of sp³-hybridized carbons (Fsp3) is 0.724. The lowest BCUT2D eigenvalue weighted by Gasteiger charge is -2.32. The Morgan fingerprint density at radius 3 is 1.84 bits per heavy atom. The van der Waals surface area contributed by atoms with Gasteiger partial charge in [0.25, 0.3) is 0 Å². The predicted octanol–water partition coefficient (Wildman–Crippen LogP) is 5.22. The first-order valence-corrected chi connectivity index (χ1v) is 14.4. The second-order valence-electron chi connectivity index (χ2n) is 10.4. The van der Waals surface area contributed by atoms with Crippen molar-refractivity contribution in [3.05, 3.63) is 46.0 Å². The number of aromatic hydroxyl groups is 2. The van der Waals surface area contributed by atoms with Gasteiger partial charge in [-0.3, -0.25) is 18.3 Å². The molecule has 2 heterocycles. The third-order valence-electron chi connectivity index (χ3n) is 8.47. The molecule has 9 nitrogen and oxygen atoms in total. The molecule has 0 aliphatic heterocycles. The first kappa shape index (κ1) is 31.5. The van der Waals surface area contributed by atoms with E-state index >= 15 is 0 Å². The number of aromatic nitrogens is 4. The molecular formula is C29H50N4O5. The molecule has 0 amide bonds. The maximum atomic E-state index is 12.7. The molecule has 0 saturated heterocycles. The molecule has 0 spiro atoms. The van der Waals surface area contributed by atoms with Crippen LogP contribution >= 0.6 is 0 Å². The summed E-state index contributed by atoms with van der Waals surface area (Å²) in [6.07, 6.45) is 12.7. The molecule has 0 aliphatic rings. The third-order valence-corrected chi connectivity index (χ3v) is 8.47. The summed E-state index contributed by atoms with van der Waals surface area (Å²) in [6, 6.07) is 0. The van der Waals surface area contributed by atoms with Crippen molar-refractivity contribution in [1.82, 2.24) is 18.3 Å². The Bertz CT molecular complexity index is 1120. The number of hydrogen-bond donors (Lipinski definition) is 2. The number of allylic oxidation sites excluding steroid dienone is 1. The highest BCUT2D eigenvalue weighted by atomic mass is 16.5. The van der Waals surface area contributed by atoms with Crippen LogP contribution in [0.5, 0.6) is 11.8 Å². The van der Waals surface area contributed by atoms with Gasteiger partial charge in [0.05, 0.1) is 17.9 Å². The fourth-order valence-corrected chi connectivity index (χ4v) is 5.48. The highest BCUT2D eigenvalue weighted by molar-refractivity contribution is 5.15. The van der Waals surface area contributed by atoms with Crippen LogP contribution in [0.1, 0.15) is 92.4 Å². The van der Waals surface area contributed by atoms with E-state index in [0.717, 1.165) is 44.9 Å². The monoisotopic (exact) mass is 534 g/mol. The number of aryl methyl sites for hydroxylation is 2. The summed E-state index contributed by atoms with van der Waals surface area (Å²) in [5.74, 6) is 0.0196. The van der Waals surface area contributed by atoms with Gasteiger partial charge >= 0.3 is 11.4 Å². The van der Waals surface area contributed by atoms with Crippen LogP contribution in [0.2, 0.25) is 0 Å². The molecule has 0 radical (unpaired) electrons. The molecule has 0 fully saturated rings. The van der Waals surface area contributed by atoms with E-state index in [2.05, 4.69) is 20.4 Å². The van der Waals surface area contributed by atoms with Gasteiger partial charge in [0, 0.05) is 32.8 Å². The lowest BCUT2D eigenvalue weighted by Crippen LogP contribution is -2.39. The van der Waals surface area contributed by atoms with E-state index in [4.69, 9.17) is 4.74 Å². The van der Waals surface area contributed by atoms with Gasteiger partial charge in [-0.1, -0.05) is 33.3 Å². The first-order valence-electron chi connectivity index (χ1n) is 14.4. The molecule has 0 bridgehead atoms. The summed E-state index contributed by atoms with van der Waals surface area (Å²) in [5.41, 5.74) is -0.998. The number of nitrogens with zero attached hydrogens (tertiary/aromatic N) is 4. The van der Waals surface area contributed by atoms with E-state index in [-0.39, 0.29) is 28.6 Å². The Balaban J connectivity index is 1.79. The second kappa shape index (κ2) is 14.5. The minimum atomic E-state index is -0.611. The molecule has 0 saturated carbocycles. The normalized spacial score (nSPS) is 13.6. The van der Waals surface area contributed by atoms with Crippen LogP contribution in [0.4, 0.5) is 0 Å². The Labute approximate surface area is 227 Å². The number of unbranched alkanes of at least 4 members (excludes halogenated alkanes) is 2. The second-order valence-corrected chi connectivity index (χ2v) is 10.4. The minimum absolute atomic E-state index is 0.0203. The van der Waals surface area contributed by atoms with Gasteiger partial charge in [0.1, 0.15) is 0 Å². The molecule has 2 aromatic heterocycles. The van der Waals surface area contributed by atoms with Crippen molar-refractivity contribution >= 4 is 0 Å². The van der Waals surface area contributed by atoms with Gasteiger partial charge in [-0.15, -0.1) is 6.58 Å². The number of imidazole rings is 2. The lowest BCUT2D eigenvalue weighted by atomic mass is 9.77. The Morgan fingerprint density at radius 2 is 1.37 bits per heavy atom. The molecule has 1 atom stereocenters. The van der Waals surface area contributed by atoms with Crippen molar-refractivity contribution in [2.24, 2.45) is 5.41 Å². The molecule has 216 valence electrons. The molecule has 38 heavy (non-hydrogen) atoms. The van der Waals surface area contributed by atoms with E-state index in [1.54, 1.807) is 10.6 Å². The average molecular weight is 535 g/mol. The Morgan fingerprint density at radius 1 is 0.816 bits per heavy atom. The molecule has 2 N–H and O–H groups in total. The zero-order chi connectivity index (χ0) is 28.3. The quantitative estimate of drug-likeness (QED) is 0.190. The number of rotatable bonds is 19. The maximum absolute atomic E-state index is 12.7. The summed E-state index contributed by atoms with van der Waals surface area (Å²) < 4.78 is 11.9. The fourth-order valence-electron chi connectivity index (χ4n) is 5.48. The van der Waals surface area contributed by atoms with Crippen LogP contribution in [0, 0.1) is 5.41 Å². The van der Waals surface area contributed by atoms with Gasteiger partial charge in [0.15, 0.2) is 0 Å². The van der Waals surface area contributed by atoms with E-state index < -0.39 is 5.54 Å². The zero-order valence-electron chi connectivity index (χ0n) is 24.2. The molecule has 9 heteroatoms. The summed E-state index contributed by atoms with van der Waals surface area (Å²) in [4.78, 5) is 25.3. The molecular weight excluding hydrogens is 484 g/mol. The maximum Gasteiger partial charge on any atom is 0.331 e. The lowest BCUT2D eigenvalue weighted by molar-refractivity contribution is 0.115. The third kappa shape index (κ3) is 7.04. The van der Waals surface area contributed by atoms with Crippen LogP contribution in [0.15, 0.2) is 34.6 Å². The van der Waals surface area contributed by atoms with Gasteiger partial charge in [0.2, 0.25) is 11.8 Å². The summed E-state index contributed by atoms with van der Waals surface area (Å²) >= 11 is 0. The molecule has 0 aliphatic carbocycles. The van der Waals surface area contributed by atoms with Crippen molar-refractivity contribution in [2.45, 2.75) is 118 Å². The summed E-state index contributed by atoms with van der Waals surface area (Å²) in [7, 11) is 0. The zero-order valence-corrected chi connectivity index (χ0v) is 24.2. The summed E-state index contributed by atoms with van der Waals surface area (Å²) in [6.45, 7) is 17.0. The molecule has 2 rings (SSSR count). The highest BCUT2D eigenvalue weighted by Crippen LogP contribution is 2.35. The number of ether oxygens (including phenoxy) is 1. The molecule has 0 aromatic carbocycles. The standard InChI is InChI=1S/C29H50N4O5/c1-7-28(8-2,23-32-24(34)21-30(11-5)26(32)36)17-13-15-19-38-20-16-14-18-29(9-3,10-4)33-25(35)22-31(12-6)27(33)37/h9,21-22,34-35H,3,7-8,10-20,23H2,1-2,4-6H3. The van der Waals surface area contributed by atoms with Crippen LogP contribution in [-0.4, -0.2) is 41.7 Å². The van der Waals surface area contributed by atoms with E-state index in [9.17, 15) is 19.8 Å². The van der Waals surface area contributed by atoms with Crippen LogP contribution in [-0.2, 0) is 29.9 Å². The van der Waals surface area contributed by atoms with Crippen molar-refractivity contribution in [3.8, 4) is 11.8 Å². The topological polar surface area (TPSA) is 104 Å². The SMILES string of the molecule is C=CC(CC)(CCCCOCCCCC(CC)(CC)Cn1c(O)cn(CC)c1=O)n1c(O)cn(CC)c1=O. The smallest absolute Gasteiger partial charge is 0.331 e. The average Bonchev–Trinajstić information content (AvgIpc) is 3.38.